The van der Waals surface area contributed by atoms with Crippen molar-refractivity contribution in [3.05, 3.63) is 22.2 Å². The highest BCUT2D eigenvalue weighted by atomic mass is 79.9. The lowest BCUT2D eigenvalue weighted by atomic mass is 10.2. The van der Waals surface area contributed by atoms with Crippen LogP contribution in [0.3, 0.4) is 0 Å². The Morgan fingerprint density at radius 2 is 2.00 bits per heavy atom. The predicted octanol–water partition coefficient (Wildman–Crippen LogP) is 2.93. The summed E-state index contributed by atoms with van der Waals surface area (Å²) in [5.74, 6) is 0.00712. The van der Waals surface area contributed by atoms with Gasteiger partial charge in [-0.1, -0.05) is 6.92 Å². The van der Waals surface area contributed by atoms with Gasteiger partial charge in [0.25, 0.3) is 5.91 Å². The van der Waals surface area contributed by atoms with E-state index in [4.69, 9.17) is 14.2 Å². The highest BCUT2D eigenvalue weighted by Gasteiger charge is 2.21. The van der Waals surface area contributed by atoms with Gasteiger partial charge in [0, 0.05) is 6.54 Å². The lowest BCUT2D eigenvalue weighted by Gasteiger charge is -2.15. The van der Waals surface area contributed by atoms with Gasteiger partial charge in [-0.2, -0.15) is 0 Å². The molecule has 23 heavy (non-hydrogen) atoms. The van der Waals surface area contributed by atoms with Gasteiger partial charge in [-0.15, -0.1) is 0 Å². The van der Waals surface area contributed by atoms with E-state index in [9.17, 15) is 9.59 Å². The molecule has 0 radical (unpaired) electrons. The standard InChI is InChI=1S/C16H22BrNO5/c1-5-7-22-14-12(17)8-11(9-13(14)21-4)16(20)23-10(3)15(19)18-6-2/h8-10H,5-7H2,1-4H3,(H,18,19)/t10-/m0/s1. The van der Waals surface area contributed by atoms with Gasteiger partial charge in [0.2, 0.25) is 0 Å². The number of ether oxygens (including phenoxy) is 3. The highest BCUT2D eigenvalue weighted by Crippen LogP contribution is 2.37. The molecule has 0 unspecified atom stereocenters. The molecule has 0 saturated heterocycles. The number of carbonyl (C=O) groups excluding carboxylic acids is 2. The molecule has 0 fully saturated rings. The third-order valence-corrected chi connectivity index (χ3v) is 3.51. The predicted molar refractivity (Wildman–Crippen MR) is 90.0 cm³/mol. The molecule has 1 aromatic rings. The summed E-state index contributed by atoms with van der Waals surface area (Å²) in [5, 5.41) is 2.60. The summed E-state index contributed by atoms with van der Waals surface area (Å²) >= 11 is 3.37. The van der Waals surface area contributed by atoms with E-state index in [0.29, 0.717) is 29.1 Å². The summed E-state index contributed by atoms with van der Waals surface area (Å²) in [6.07, 6.45) is -0.0214. The van der Waals surface area contributed by atoms with Crippen LogP contribution < -0.4 is 14.8 Å². The lowest BCUT2D eigenvalue weighted by Crippen LogP contribution is -2.35. The zero-order chi connectivity index (χ0) is 17.4. The van der Waals surface area contributed by atoms with E-state index >= 15 is 0 Å². The van der Waals surface area contributed by atoms with Crippen LogP contribution in [-0.4, -0.2) is 38.2 Å². The van der Waals surface area contributed by atoms with Crippen LogP contribution in [-0.2, 0) is 9.53 Å². The second-order valence-electron chi connectivity index (χ2n) is 4.78. The fourth-order valence-electron chi connectivity index (χ4n) is 1.78. The molecule has 0 aromatic heterocycles. The van der Waals surface area contributed by atoms with E-state index in [2.05, 4.69) is 21.2 Å². The number of hydrogen-bond donors (Lipinski definition) is 1. The van der Waals surface area contributed by atoms with E-state index < -0.39 is 12.1 Å². The van der Waals surface area contributed by atoms with Crippen LogP contribution in [0, 0.1) is 0 Å². The van der Waals surface area contributed by atoms with E-state index in [1.807, 2.05) is 6.92 Å². The summed E-state index contributed by atoms with van der Waals surface area (Å²) < 4.78 is 16.6. The third kappa shape index (κ3) is 5.42. The Morgan fingerprint density at radius 3 is 2.57 bits per heavy atom. The summed E-state index contributed by atoms with van der Waals surface area (Å²) in [6.45, 7) is 6.32. The quantitative estimate of drug-likeness (QED) is 0.694. The molecule has 128 valence electrons. The molecular formula is C16H22BrNO5. The van der Waals surface area contributed by atoms with Crippen molar-refractivity contribution in [1.82, 2.24) is 5.32 Å². The third-order valence-electron chi connectivity index (χ3n) is 2.92. The van der Waals surface area contributed by atoms with Crippen molar-refractivity contribution in [1.29, 1.82) is 0 Å². The van der Waals surface area contributed by atoms with E-state index in [0.717, 1.165) is 6.42 Å². The smallest absolute Gasteiger partial charge is 0.339 e. The number of rotatable bonds is 8. The molecule has 0 spiro atoms. The highest BCUT2D eigenvalue weighted by molar-refractivity contribution is 9.10. The fourth-order valence-corrected chi connectivity index (χ4v) is 2.34. The Bertz CT molecular complexity index is 562. The normalized spacial score (nSPS) is 11.5. The number of carbonyl (C=O) groups is 2. The maximum absolute atomic E-state index is 12.2. The van der Waals surface area contributed by atoms with Gasteiger partial charge in [0.15, 0.2) is 17.6 Å². The molecule has 7 heteroatoms. The van der Waals surface area contributed by atoms with Gasteiger partial charge in [-0.25, -0.2) is 4.79 Å². The summed E-state index contributed by atoms with van der Waals surface area (Å²) in [4.78, 5) is 23.8. The van der Waals surface area contributed by atoms with Crippen LogP contribution in [0.4, 0.5) is 0 Å². The van der Waals surface area contributed by atoms with Crippen molar-refractivity contribution in [3.63, 3.8) is 0 Å². The van der Waals surface area contributed by atoms with Crippen molar-refractivity contribution in [3.8, 4) is 11.5 Å². The van der Waals surface area contributed by atoms with E-state index in [1.54, 1.807) is 13.0 Å². The van der Waals surface area contributed by atoms with Crippen LogP contribution in [0.2, 0.25) is 0 Å². The number of halogens is 1. The molecule has 6 nitrogen and oxygen atoms in total. The first-order valence-electron chi connectivity index (χ1n) is 7.43. The summed E-state index contributed by atoms with van der Waals surface area (Å²) in [5.41, 5.74) is 0.272. The van der Waals surface area contributed by atoms with E-state index in [1.165, 1.54) is 20.1 Å². The average molecular weight is 388 g/mol. The van der Waals surface area contributed by atoms with Gasteiger partial charge >= 0.3 is 5.97 Å². The molecule has 1 rings (SSSR count). The zero-order valence-electron chi connectivity index (χ0n) is 13.8. The van der Waals surface area contributed by atoms with E-state index in [-0.39, 0.29) is 11.5 Å². The Hall–Kier alpha value is -1.76. The molecule has 1 atom stereocenters. The zero-order valence-corrected chi connectivity index (χ0v) is 15.4. The van der Waals surface area contributed by atoms with Crippen LogP contribution in [0.15, 0.2) is 16.6 Å². The first kappa shape index (κ1) is 19.3. The molecule has 0 aliphatic heterocycles. The Labute approximate surface area is 144 Å². The molecule has 1 aromatic carbocycles. The van der Waals surface area contributed by atoms with Crippen LogP contribution in [0.1, 0.15) is 37.6 Å². The van der Waals surface area contributed by atoms with Gasteiger partial charge in [0.05, 0.1) is 23.8 Å². The molecule has 1 amide bonds. The molecule has 0 aliphatic rings. The van der Waals surface area contributed by atoms with Crippen molar-refractivity contribution >= 4 is 27.8 Å². The number of amides is 1. The Balaban J connectivity index is 2.93. The molecular weight excluding hydrogens is 366 g/mol. The number of hydrogen-bond acceptors (Lipinski definition) is 5. The first-order valence-corrected chi connectivity index (χ1v) is 8.22. The number of likely N-dealkylation sites (N-methyl/N-ethyl adjacent to an activating group) is 1. The minimum Gasteiger partial charge on any atom is -0.493 e. The molecule has 0 heterocycles. The SMILES string of the molecule is CCCOc1c(Br)cc(C(=O)O[C@@H](C)C(=O)NCC)cc1OC. The van der Waals surface area contributed by atoms with Gasteiger partial charge < -0.3 is 19.5 Å². The number of esters is 1. The van der Waals surface area contributed by atoms with Crippen LogP contribution in [0.5, 0.6) is 11.5 Å². The van der Waals surface area contributed by atoms with Crippen molar-refractivity contribution in [2.45, 2.75) is 33.3 Å². The molecule has 0 bridgehead atoms. The lowest BCUT2D eigenvalue weighted by molar-refractivity contribution is -0.128. The molecule has 0 saturated carbocycles. The Kier molecular flexibility index (Phi) is 7.88. The Morgan fingerprint density at radius 1 is 1.30 bits per heavy atom. The average Bonchev–Trinajstić information content (AvgIpc) is 2.53. The summed E-state index contributed by atoms with van der Waals surface area (Å²) in [7, 11) is 1.49. The topological polar surface area (TPSA) is 73.9 Å². The van der Waals surface area contributed by atoms with Gasteiger partial charge in [0.1, 0.15) is 0 Å². The number of nitrogens with one attached hydrogen (secondary N) is 1. The van der Waals surface area contributed by atoms with Gasteiger partial charge in [-0.05, 0) is 48.3 Å². The molecule has 0 aliphatic carbocycles. The monoisotopic (exact) mass is 387 g/mol. The maximum Gasteiger partial charge on any atom is 0.339 e. The van der Waals surface area contributed by atoms with Crippen LogP contribution in [0.25, 0.3) is 0 Å². The minimum absolute atomic E-state index is 0.272. The fraction of sp³-hybridized carbons (Fsp3) is 0.500. The maximum atomic E-state index is 12.2. The first-order chi connectivity index (χ1) is 10.9. The largest absolute Gasteiger partial charge is 0.493 e. The number of benzene rings is 1. The van der Waals surface area contributed by atoms with Crippen molar-refractivity contribution < 1.29 is 23.8 Å². The number of methoxy groups -OCH3 is 1. The second kappa shape index (κ2) is 9.39. The minimum atomic E-state index is -0.872. The summed E-state index contributed by atoms with van der Waals surface area (Å²) in [6, 6.07) is 3.11. The van der Waals surface area contributed by atoms with Gasteiger partial charge in [-0.3, -0.25) is 4.79 Å². The second-order valence-corrected chi connectivity index (χ2v) is 5.63. The van der Waals surface area contributed by atoms with Crippen molar-refractivity contribution in [2.24, 2.45) is 0 Å². The van der Waals surface area contributed by atoms with Crippen molar-refractivity contribution in [2.75, 3.05) is 20.3 Å². The van der Waals surface area contributed by atoms with Crippen LogP contribution >= 0.6 is 15.9 Å². The molecule has 1 N–H and O–H groups in total.